The van der Waals surface area contributed by atoms with Crippen molar-refractivity contribution in [3.8, 4) is 0 Å². The predicted molar refractivity (Wildman–Crippen MR) is 87.1 cm³/mol. The van der Waals surface area contributed by atoms with Crippen molar-refractivity contribution in [3.05, 3.63) is 35.4 Å². The maximum atomic E-state index is 12.4. The summed E-state index contributed by atoms with van der Waals surface area (Å²) in [6.45, 7) is 3.14. The van der Waals surface area contributed by atoms with E-state index in [1.54, 1.807) is 12.1 Å². The van der Waals surface area contributed by atoms with Crippen molar-refractivity contribution in [2.24, 2.45) is 5.41 Å². The molecule has 1 aromatic rings. The fourth-order valence-electron chi connectivity index (χ4n) is 3.56. The van der Waals surface area contributed by atoms with Crippen molar-refractivity contribution in [1.29, 1.82) is 0 Å². The Kier molecular flexibility index (Phi) is 6.11. The molecule has 140 valence electrons. The van der Waals surface area contributed by atoms with Gasteiger partial charge in [-0.15, -0.1) is 0 Å². The molecule has 1 fully saturated rings. The van der Waals surface area contributed by atoms with E-state index in [2.05, 4.69) is 0 Å². The molecule has 1 heterocycles. The minimum Gasteiger partial charge on any atom is -0.481 e. The molecule has 25 heavy (non-hydrogen) atoms. The van der Waals surface area contributed by atoms with Gasteiger partial charge in [0.25, 0.3) is 0 Å². The minimum atomic E-state index is -4.23. The number of aliphatic hydroxyl groups excluding tert-OH is 1. The zero-order valence-corrected chi connectivity index (χ0v) is 14.2. The molecule has 2 N–H and O–H groups in total. The average molecular weight is 359 g/mol. The first kappa shape index (κ1) is 19.7. The second-order valence-corrected chi connectivity index (χ2v) is 6.83. The molecule has 2 atom stereocenters. The van der Waals surface area contributed by atoms with Crippen LogP contribution in [0.3, 0.4) is 0 Å². The van der Waals surface area contributed by atoms with Crippen LogP contribution in [-0.4, -0.2) is 46.5 Å². The highest BCUT2D eigenvalue weighted by Gasteiger charge is 2.48. The van der Waals surface area contributed by atoms with Crippen molar-refractivity contribution in [2.45, 2.75) is 51.4 Å². The van der Waals surface area contributed by atoms with E-state index in [1.807, 2.05) is 11.8 Å². The number of hydrogen-bond acceptors (Lipinski definition) is 3. The molecule has 0 unspecified atom stereocenters. The smallest absolute Gasteiger partial charge is 0.393 e. The van der Waals surface area contributed by atoms with Gasteiger partial charge in [-0.2, -0.15) is 13.2 Å². The van der Waals surface area contributed by atoms with E-state index >= 15 is 0 Å². The summed E-state index contributed by atoms with van der Waals surface area (Å²) in [5.41, 5.74) is -0.141. The third kappa shape index (κ3) is 4.95. The van der Waals surface area contributed by atoms with Crippen LogP contribution in [0.1, 0.15) is 37.3 Å². The quantitative estimate of drug-likeness (QED) is 0.819. The molecule has 0 radical (unpaired) electrons. The van der Waals surface area contributed by atoms with Crippen LogP contribution in [0.2, 0.25) is 0 Å². The molecule has 0 amide bonds. The van der Waals surface area contributed by atoms with Crippen molar-refractivity contribution in [2.75, 3.05) is 13.1 Å². The number of benzene rings is 1. The Morgan fingerprint density at radius 2 is 1.88 bits per heavy atom. The number of nitrogens with zero attached hydrogens (tertiary/aromatic N) is 1. The van der Waals surface area contributed by atoms with E-state index in [9.17, 15) is 28.2 Å². The maximum absolute atomic E-state index is 12.4. The molecule has 1 aliphatic heterocycles. The van der Waals surface area contributed by atoms with Crippen LogP contribution in [0.5, 0.6) is 0 Å². The molecule has 0 spiro atoms. The summed E-state index contributed by atoms with van der Waals surface area (Å²) < 4.78 is 37.2. The van der Waals surface area contributed by atoms with Crippen molar-refractivity contribution < 1.29 is 28.2 Å². The molecular formula is C18H24F3NO3. The molecule has 4 nitrogen and oxygen atoms in total. The summed E-state index contributed by atoms with van der Waals surface area (Å²) in [6, 6.07) is 6.21. The molecule has 0 bridgehead atoms. The van der Waals surface area contributed by atoms with Crippen LogP contribution in [0.15, 0.2) is 24.3 Å². The largest absolute Gasteiger partial charge is 0.481 e. The number of aliphatic hydroxyl groups is 1. The first-order chi connectivity index (χ1) is 11.7. The average Bonchev–Trinajstić information content (AvgIpc) is 2.51. The van der Waals surface area contributed by atoms with E-state index in [0.717, 1.165) is 5.56 Å². The van der Waals surface area contributed by atoms with Crippen LogP contribution >= 0.6 is 0 Å². The minimum absolute atomic E-state index is 0.205. The van der Waals surface area contributed by atoms with Gasteiger partial charge in [0, 0.05) is 19.6 Å². The number of rotatable bonds is 6. The second-order valence-electron chi connectivity index (χ2n) is 6.83. The molecule has 1 saturated heterocycles. The van der Waals surface area contributed by atoms with Gasteiger partial charge in [0.05, 0.1) is 12.5 Å². The SMILES string of the molecule is CCC[C@@]1(C(=O)O)CN(Cc2ccc(CC(F)(F)F)cc2)CC[C@@H]1O. The van der Waals surface area contributed by atoms with E-state index in [4.69, 9.17) is 0 Å². The van der Waals surface area contributed by atoms with Gasteiger partial charge in [0.1, 0.15) is 5.41 Å². The Bertz CT molecular complexity index is 588. The zero-order chi connectivity index (χ0) is 18.7. The summed E-state index contributed by atoms with van der Waals surface area (Å²) in [7, 11) is 0. The highest BCUT2D eigenvalue weighted by atomic mass is 19.4. The van der Waals surface area contributed by atoms with E-state index in [-0.39, 0.29) is 12.1 Å². The number of likely N-dealkylation sites (tertiary alicyclic amines) is 1. The number of halogens is 3. The lowest BCUT2D eigenvalue weighted by Crippen LogP contribution is -2.55. The Morgan fingerprint density at radius 1 is 1.28 bits per heavy atom. The fraction of sp³-hybridized carbons (Fsp3) is 0.611. The van der Waals surface area contributed by atoms with Gasteiger partial charge in [-0.3, -0.25) is 9.69 Å². The van der Waals surface area contributed by atoms with Crippen LogP contribution < -0.4 is 0 Å². The third-order valence-electron chi connectivity index (χ3n) is 4.82. The van der Waals surface area contributed by atoms with Gasteiger partial charge in [0.15, 0.2) is 0 Å². The van der Waals surface area contributed by atoms with Gasteiger partial charge in [-0.25, -0.2) is 0 Å². The van der Waals surface area contributed by atoms with Gasteiger partial charge in [-0.05, 0) is 24.0 Å². The monoisotopic (exact) mass is 359 g/mol. The Morgan fingerprint density at radius 3 is 2.40 bits per heavy atom. The second kappa shape index (κ2) is 7.74. The van der Waals surface area contributed by atoms with Crippen LogP contribution in [0, 0.1) is 5.41 Å². The number of carboxylic acid groups (broad SMARTS) is 1. The van der Waals surface area contributed by atoms with E-state index in [1.165, 1.54) is 12.1 Å². The summed E-state index contributed by atoms with van der Waals surface area (Å²) in [4.78, 5) is 13.7. The molecule has 1 aliphatic rings. The number of carbonyl (C=O) groups is 1. The number of aliphatic carboxylic acids is 1. The molecule has 0 aliphatic carbocycles. The highest BCUT2D eigenvalue weighted by Crippen LogP contribution is 2.36. The fourth-order valence-corrected chi connectivity index (χ4v) is 3.56. The number of hydrogen-bond donors (Lipinski definition) is 2. The van der Waals surface area contributed by atoms with Crippen LogP contribution in [-0.2, 0) is 17.8 Å². The molecule has 0 aromatic heterocycles. The molecule has 2 rings (SSSR count). The summed E-state index contributed by atoms with van der Waals surface area (Å²) in [6.07, 6.45) is -4.64. The standard InChI is InChI=1S/C18H24F3NO3/c1-2-8-17(16(24)25)12-22(9-7-15(17)23)11-14-5-3-13(4-6-14)10-18(19,20)21/h3-6,15,23H,2,7-12H2,1H3,(H,24,25)/t15-,17+/m0/s1. The third-order valence-corrected chi connectivity index (χ3v) is 4.82. The molecule has 1 aromatic carbocycles. The maximum Gasteiger partial charge on any atom is 0.393 e. The van der Waals surface area contributed by atoms with Gasteiger partial charge < -0.3 is 10.2 Å². The molecule has 7 heteroatoms. The topological polar surface area (TPSA) is 60.8 Å². The summed E-state index contributed by atoms with van der Waals surface area (Å²) in [5, 5.41) is 19.9. The summed E-state index contributed by atoms with van der Waals surface area (Å²) >= 11 is 0. The normalized spacial score (nSPS) is 25.1. The van der Waals surface area contributed by atoms with Gasteiger partial charge in [0.2, 0.25) is 0 Å². The van der Waals surface area contributed by atoms with Crippen molar-refractivity contribution in [3.63, 3.8) is 0 Å². The highest BCUT2D eigenvalue weighted by molar-refractivity contribution is 5.76. The Labute approximate surface area is 145 Å². The lowest BCUT2D eigenvalue weighted by atomic mass is 9.74. The van der Waals surface area contributed by atoms with Crippen molar-refractivity contribution >= 4 is 5.97 Å². The lowest BCUT2D eigenvalue weighted by molar-refractivity contribution is -0.164. The number of piperidine rings is 1. The van der Waals surface area contributed by atoms with Gasteiger partial charge in [-0.1, -0.05) is 37.6 Å². The summed E-state index contributed by atoms with van der Waals surface area (Å²) in [5.74, 6) is -0.993. The van der Waals surface area contributed by atoms with Gasteiger partial charge >= 0.3 is 12.1 Å². The number of alkyl halides is 3. The zero-order valence-electron chi connectivity index (χ0n) is 14.2. The van der Waals surface area contributed by atoms with Crippen LogP contribution in [0.4, 0.5) is 13.2 Å². The number of carboxylic acids is 1. The Balaban J connectivity index is 2.06. The Hall–Kier alpha value is -1.60. The molecular weight excluding hydrogens is 335 g/mol. The van der Waals surface area contributed by atoms with E-state index in [0.29, 0.717) is 32.4 Å². The predicted octanol–water partition coefficient (Wildman–Crippen LogP) is 3.23. The van der Waals surface area contributed by atoms with E-state index < -0.39 is 30.1 Å². The van der Waals surface area contributed by atoms with Crippen LogP contribution in [0.25, 0.3) is 0 Å². The van der Waals surface area contributed by atoms with Crippen molar-refractivity contribution in [1.82, 2.24) is 4.90 Å². The first-order valence-electron chi connectivity index (χ1n) is 8.44. The molecule has 0 saturated carbocycles. The lowest BCUT2D eigenvalue weighted by Gasteiger charge is -2.43. The first-order valence-corrected chi connectivity index (χ1v) is 8.44.